The maximum Gasteiger partial charge on any atom is 0.255 e. The van der Waals surface area contributed by atoms with Gasteiger partial charge in [-0.15, -0.1) is 0 Å². The zero-order valence-electron chi connectivity index (χ0n) is 11.6. The Morgan fingerprint density at radius 1 is 1.33 bits per heavy atom. The van der Waals surface area contributed by atoms with Crippen LogP contribution < -0.4 is 10.5 Å². The molecule has 5 nitrogen and oxygen atoms in total. The quantitative estimate of drug-likeness (QED) is 0.930. The molecule has 2 aromatic rings. The van der Waals surface area contributed by atoms with Crippen LogP contribution in [0.15, 0.2) is 36.5 Å². The van der Waals surface area contributed by atoms with Crippen LogP contribution in [0.1, 0.15) is 12.0 Å². The highest BCUT2D eigenvalue weighted by Crippen LogP contribution is 2.20. The summed E-state index contributed by atoms with van der Waals surface area (Å²) in [4.78, 5) is 9.66. The van der Waals surface area contributed by atoms with E-state index >= 15 is 0 Å². The molecule has 0 saturated carbocycles. The number of ether oxygens (including phenoxy) is 1. The predicted molar refractivity (Wildman–Crippen MR) is 77.2 cm³/mol. The molecule has 6 heteroatoms. The largest absolute Gasteiger partial charge is 0.471 e. The Morgan fingerprint density at radius 3 is 2.95 bits per heavy atom. The fraction of sp³-hybridized carbons (Fsp3) is 0.333. The van der Waals surface area contributed by atoms with E-state index in [0.29, 0.717) is 0 Å². The highest BCUT2D eigenvalue weighted by molar-refractivity contribution is 5.22. The van der Waals surface area contributed by atoms with Crippen molar-refractivity contribution in [2.45, 2.75) is 19.1 Å². The first-order valence-electron chi connectivity index (χ1n) is 6.91. The van der Waals surface area contributed by atoms with Gasteiger partial charge in [-0.05, 0) is 12.0 Å². The topological polar surface area (TPSA) is 64.3 Å². The number of nitrogens with two attached hydrogens (primary N) is 1. The monoisotopic (exact) mass is 288 g/mol. The van der Waals surface area contributed by atoms with Crippen LogP contribution in [-0.4, -0.2) is 34.1 Å². The SMILES string of the molecule is Nc1ncc(F)c(OC2CCN(Cc3ccccc3)C2)n1. The maximum atomic E-state index is 13.5. The summed E-state index contributed by atoms with van der Waals surface area (Å²) in [6.45, 7) is 2.54. The van der Waals surface area contributed by atoms with Crippen molar-refractivity contribution in [2.75, 3.05) is 18.8 Å². The van der Waals surface area contributed by atoms with E-state index in [1.54, 1.807) is 0 Å². The number of nitrogens with zero attached hydrogens (tertiary/aromatic N) is 3. The van der Waals surface area contributed by atoms with Crippen LogP contribution in [0, 0.1) is 5.82 Å². The van der Waals surface area contributed by atoms with E-state index in [0.717, 1.165) is 32.3 Å². The van der Waals surface area contributed by atoms with Crippen molar-refractivity contribution in [1.29, 1.82) is 0 Å². The highest BCUT2D eigenvalue weighted by Gasteiger charge is 2.25. The summed E-state index contributed by atoms with van der Waals surface area (Å²) < 4.78 is 19.2. The maximum absolute atomic E-state index is 13.5. The Balaban J connectivity index is 1.58. The molecule has 1 aliphatic rings. The lowest BCUT2D eigenvalue weighted by Gasteiger charge is -2.16. The van der Waals surface area contributed by atoms with Crippen molar-refractivity contribution < 1.29 is 9.13 Å². The predicted octanol–water partition coefficient (Wildman–Crippen LogP) is 1.85. The van der Waals surface area contributed by atoms with Crippen LogP contribution >= 0.6 is 0 Å². The first kappa shape index (κ1) is 13.8. The second-order valence-electron chi connectivity index (χ2n) is 5.13. The van der Waals surface area contributed by atoms with Gasteiger partial charge in [0.25, 0.3) is 5.88 Å². The van der Waals surface area contributed by atoms with E-state index in [-0.39, 0.29) is 17.9 Å². The first-order valence-corrected chi connectivity index (χ1v) is 6.91. The van der Waals surface area contributed by atoms with Crippen LogP contribution in [0.3, 0.4) is 0 Å². The van der Waals surface area contributed by atoms with Gasteiger partial charge < -0.3 is 10.5 Å². The summed E-state index contributed by atoms with van der Waals surface area (Å²) in [6.07, 6.45) is 1.81. The fourth-order valence-corrected chi connectivity index (χ4v) is 2.48. The van der Waals surface area contributed by atoms with E-state index in [9.17, 15) is 4.39 Å². The van der Waals surface area contributed by atoms with Crippen molar-refractivity contribution >= 4 is 5.95 Å². The molecule has 0 aliphatic carbocycles. The van der Waals surface area contributed by atoms with Crippen molar-refractivity contribution in [1.82, 2.24) is 14.9 Å². The van der Waals surface area contributed by atoms with Crippen molar-refractivity contribution in [3.8, 4) is 5.88 Å². The lowest BCUT2D eigenvalue weighted by atomic mass is 10.2. The molecule has 1 aliphatic heterocycles. The van der Waals surface area contributed by atoms with Gasteiger partial charge in [-0.1, -0.05) is 30.3 Å². The third kappa shape index (κ3) is 3.46. The molecule has 0 bridgehead atoms. The van der Waals surface area contributed by atoms with E-state index in [1.807, 2.05) is 18.2 Å². The zero-order chi connectivity index (χ0) is 14.7. The zero-order valence-corrected chi connectivity index (χ0v) is 11.6. The highest BCUT2D eigenvalue weighted by atomic mass is 19.1. The van der Waals surface area contributed by atoms with Gasteiger partial charge in [0.15, 0.2) is 0 Å². The first-order chi connectivity index (χ1) is 10.2. The van der Waals surface area contributed by atoms with Crippen LogP contribution in [0.5, 0.6) is 5.88 Å². The summed E-state index contributed by atoms with van der Waals surface area (Å²) in [5, 5.41) is 0. The molecule has 1 atom stereocenters. The lowest BCUT2D eigenvalue weighted by Crippen LogP contribution is -2.25. The summed E-state index contributed by atoms with van der Waals surface area (Å²) in [7, 11) is 0. The minimum absolute atomic E-state index is 0.0190. The molecule has 0 radical (unpaired) electrons. The number of rotatable bonds is 4. The number of anilines is 1. The lowest BCUT2D eigenvalue weighted by molar-refractivity contribution is 0.183. The Hall–Kier alpha value is -2.21. The number of halogens is 1. The van der Waals surface area contributed by atoms with Crippen molar-refractivity contribution in [3.05, 3.63) is 47.9 Å². The molecule has 3 rings (SSSR count). The molecule has 21 heavy (non-hydrogen) atoms. The minimum atomic E-state index is -0.578. The molecule has 0 spiro atoms. The van der Waals surface area contributed by atoms with Crippen molar-refractivity contribution in [3.63, 3.8) is 0 Å². The number of likely N-dealkylation sites (tertiary alicyclic amines) is 1. The van der Waals surface area contributed by atoms with E-state index < -0.39 is 5.82 Å². The molecular formula is C15H17FN4O. The Kier molecular flexibility index (Phi) is 3.96. The van der Waals surface area contributed by atoms with Crippen LogP contribution in [0.2, 0.25) is 0 Å². The minimum Gasteiger partial charge on any atom is -0.471 e. The van der Waals surface area contributed by atoms with E-state index in [4.69, 9.17) is 10.5 Å². The van der Waals surface area contributed by atoms with Gasteiger partial charge in [-0.2, -0.15) is 9.37 Å². The standard InChI is InChI=1S/C15H17FN4O/c16-13-8-18-15(17)19-14(13)21-12-6-7-20(10-12)9-11-4-2-1-3-5-11/h1-5,8,12H,6-7,9-10H2,(H2,17,18,19). The average Bonchev–Trinajstić information content (AvgIpc) is 2.91. The number of hydrogen-bond donors (Lipinski definition) is 1. The summed E-state index contributed by atoms with van der Waals surface area (Å²) in [5.74, 6) is -0.620. The molecule has 1 aromatic heterocycles. The van der Waals surface area contributed by atoms with Gasteiger partial charge >= 0.3 is 0 Å². The van der Waals surface area contributed by atoms with Gasteiger partial charge in [0.2, 0.25) is 11.8 Å². The number of nitrogen functional groups attached to an aromatic ring is 1. The molecule has 0 amide bonds. The van der Waals surface area contributed by atoms with E-state index in [1.165, 1.54) is 5.56 Å². The molecule has 1 saturated heterocycles. The third-order valence-corrected chi connectivity index (χ3v) is 3.49. The van der Waals surface area contributed by atoms with Crippen LogP contribution in [-0.2, 0) is 6.54 Å². The molecule has 110 valence electrons. The normalized spacial score (nSPS) is 18.8. The van der Waals surface area contributed by atoms with Gasteiger partial charge in [0.1, 0.15) is 6.10 Å². The van der Waals surface area contributed by atoms with Crippen molar-refractivity contribution in [2.24, 2.45) is 0 Å². The number of hydrogen-bond acceptors (Lipinski definition) is 5. The van der Waals surface area contributed by atoms with Crippen LogP contribution in [0.25, 0.3) is 0 Å². The van der Waals surface area contributed by atoms with Crippen LogP contribution in [0.4, 0.5) is 10.3 Å². The summed E-state index contributed by atoms with van der Waals surface area (Å²) in [5.41, 5.74) is 6.71. The molecule has 1 unspecified atom stereocenters. The smallest absolute Gasteiger partial charge is 0.255 e. The fourth-order valence-electron chi connectivity index (χ4n) is 2.48. The Labute approximate surface area is 122 Å². The second-order valence-corrected chi connectivity index (χ2v) is 5.13. The van der Waals surface area contributed by atoms with Gasteiger partial charge in [0.05, 0.1) is 6.20 Å². The number of aromatic nitrogens is 2. The Morgan fingerprint density at radius 2 is 2.14 bits per heavy atom. The number of benzene rings is 1. The second kappa shape index (κ2) is 6.05. The molecular weight excluding hydrogens is 271 g/mol. The molecule has 1 aromatic carbocycles. The molecule has 1 fully saturated rings. The Bertz CT molecular complexity index is 608. The third-order valence-electron chi connectivity index (χ3n) is 3.49. The van der Waals surface area contributed by atoms with Gasteiger partial charge in [-0.3, -0.25) is 4.90 Å². The molecule has 2 heterocycles. The molecule has 2 N–H and O–H groups in total. The van der Waals surface area contributed by atoms with E-state index in [2.05, 4.69) is 27.0 Å². The average molecular weight is 288 g/mol. The summed E-state index contributed by atoms with van der Waals surface area (Å²) in [6, 6.07) is 10.2. The summed E-state index contributed by atoms with van der Waals surface area (Å²) >= 11 is 0. The van der Waals surface area contributed by atoms with Gasteiger partial charge in [0, 0.05) is 19.6 Å². The van der Waals surface area contributed by atoms with Gasteiger partial charge in [-0.25, -0.2) is 4.98 Å².